The molecule has 3 aromatic rings. The molecule has 216 valence electrons. The number of ether oxygens (including phenoxy) is 2. The summed E-state index contributed by atoms with van der Waals surface area (Å²) >= 11 is 0. The molecule has 10 heteroatoms. The highest BCUT2D eigenvalue weighted by Crippen LogP contribution is 2.28. The number of likely N-dealkylation sites (tertiary alicyclic amines) is 1. The van der Waals surface area contributed by atoms with E-state index in [0.29, 0.717) is 47.3 Å². The molecular weight excluding hydrogens is 530 g/mol. The summed E-state index contributed by atoms with van der Waals surface area (Å²) in [5, 5.41) is 2.92. The number of methoxy groups -OCH3 is 2. The van der Waals surface area contributed by atoms with Crippen LogP contribution in [0, 0.1) is 13.8 Å². The van der Waals surface area contributed by atoms with Crippen molar-refractivity contribution in [2.75, 3.05) is 40.9 Å². The molecule has 1 amide bonds. The number of amides is 1. The zero-order valence-corrected chi connectivity index (χ0v) is 24.7. The molecule has 1 fully saturated rings. The fourth-order valence-corrected chi connectivity index (χ4v) is 6.64. The lowest BCUT2D eigenvalue weighted by Gasteiger charge is -2.19. The first-order valence-electron chi connectivity index (χ1n) is 13.4. The number of furan rings is 1. The molecule has 1 aromatic heterocycles. The average Bonchev–Trinajstić information content (AvgIpc) is 3.58. The molecule has 0 spiro atoms. The van der Waals surface area contributed by atoms with Gasteiger partial charge in [0.1, 0.15) is 17.8 Å². The Labute approximate surface area is 237 Å². The van der Waals surface area contributed by atoms with Crippen molar-refractivity contribution in [3.05, 3.63) is 82.3 Å². The van der Waals surface area contributed by atoms with Crippen LogP contribution in [-0.2, 0) is 34.3 Å². The van der Waals surface area contributed by atoms with Crippen LogP contribution in [0.25, 0.3) is 0 Å². The van der Waals surface area contributed by atoms with Crippen molar-refractivity contribution in [1.29, 1.82) is 0 Å². The lowest BCUT2D eigenvalue weighted by atomic mass is 10.1. The molecule has 0 saturated carbocycles. The van der Waals surface area contributed by atoms with Crippen LogP contribution >= 0.6 is 0 Å². The van der Waals surface area contributed by atoms with Crippen molar-refractivity contribution in [2.45, 2.75) is 50.8 Å². The van der Waals surface area contributed by atoms with Crippen LogP contribution in [0.2, 0.25) is 0 Å². The van der Waals surface area contributed by atoms with Gasteiger partial charge in [0.25, 0.3) is 5.91 Å². The Morgan fingerprint density at radius 1 is 1.10 bits per heavy atom. The molecule has 1 atom stereocenters. The van der Waals surface area contributed by atoms with Crippen molar-refractivity contribution in [3.63, 3.8) is 0 Å². The van der Waals surface area contributed by atoms with Gasteiger partial charge < -0.3 is 19.2 Å². The van der Waals surface area contributed by atoms with E-state index < -0.39 is 10.0 Å². The second-order valence-corrected chi connectivity index (χ2v) is 12.3. The first-order chi connectivity index (χ1) is 19.1. The standard InChI is InChI=1S/C30H39N3O6S/c1-21-14-27(38-5)15-22(2)29(21)40(35,36)32(3)18-28-16-25(20-39-28)30(34)31-12-10-23-6-8-24(9-7-23)17-33-13-11-26(19-33)37-4/h6-9,14-16,20,26H,10-13,17-19H2,1-5H3,(H,31,34). The van der Waals surface area contributed by atoms with Gasteiger partial charge in [0.05, 0.1) is 30.2 Å². The van der Waals surface area contributed by atoms with Gasteiger partial charge in [0, 0.05) is 40.3 Å². The third-order valence-electron chi connectivity index (χ3n) is 7.32. The third kappa shape index (κ3) is 7.11. The summed E-state index contributed by atoms with van der Waals surface area (Å²) in [6, 6.07) is 13.5. The Morgan fingerprint density at radius 2 is 1.77 bits per heavy atom. The SMILES string of the molecule is COc1cc(C)c(S(=O)(=O)N(C)Cc2cc(C(=O)NCCc3ccc(CN4CCC(OC)C4)cc3)co2)c(C)c1. The minimum Gasteiger partial charge on any atom is -0.497 e. The van der Waals surface area contributed by atoms with Crippen LogP contribution in [0.5, 0.6) is 5.75 Å². The highest BCUT2D eigenvalue weighted by Gasteiger charge is 2.27. The number of benzene rings is 2. The van der Waals surface area contributed by atoms with Gasteiger partial charge in [-0.05, 0) is 67.1 Å². The number of carbonyl (C=O) groups excluding carboxylic acids is 1. The molecular formula is C30H39N3O6S. The maximum Gasteiger partial charge on any atom is 0.254 e. The first kappa shape index (κ1) is 29.8. The maximum absolute atomic E-state index is 13.3. The molecule has 1 aliphatic rings. The molecule has 0 radical (unpaired) electrons. The Balaban J connectivity index is 1.27. The molecule has 40 heavy (non-hydrogen) atoms. The van der Waals surface area contributed by atoms with Crippen LogP contribution < -0.4 is 10.1 Å². The van der Waals surface area contributed by atoms with E-state index >= 15 is 0 Å². The Bertz CT molecular complexity index is 1390. The van der Waals surface area contributed by atoms with Crippen molar-refractivity contribution < 1.29 is 27.1 Å². The van der Waals surface area contributed by atoms with E-state index in [9.17, 15) is 13.2 Å². The number of hydrogen-bond acceptors (Lipinski definition) is 7. The normalized spacial score (nSPS) is 16.0. The number of hydrogen-bond donors (Lipinski definition) is 1. The smallest absolute Gasteiger partial charge is 0.254 e. The van der Waals surface area contributed by atoms with Gasteiger partial charge in [0.2, 0.25) is 10.0 Å². The number of carbonyl (C=O) groups is 1. The van der Waals surface area contributed by atoms with Crippen LogP contribution in [-0.4, -0.2) is 70.5 Å². The fourth-order valence-electron chi connectivity index (χ4n) is 5.10. The molecule has 0 aliphatic carbocycles. The molecule has 2 aromatic carbocycles. The Kier molecular flexibility index (Phi) is 9.68. The second-order valence-electron chi connectivity index (χ2n) is 10.4. The van der Waals surface area contributed by atoms with Crippen LogP contribution in [0.1, 0.15) is 44.8 Å². The van der Waals surface area contributed by atoms with Crippen LogP contribution in [0.3, 0.4) is 0 Å². The van der Waals surface area contributed by atoms with Gasteiger partial charge >= 0.3 is 0 Å². The van der Waals surface area contributed by atoms with E-state index in [2.05, 4.69) is 34.5 Å². The van der Waals surface area contributed by atoms with Crippen molar-refractivity contribution in [2.24, 2.45) is 0 Å². The summed E-state index contributed by atoms with van der Waals surface area (Å²) in [4.78, 5) is 15.3. The molecule has 0 bridgehead atoms. The Morgan fingerprint density at radius 3 is 2.40 bits per heavy atom. The fraction of sp³-hybridized carbons (Fsp3) is 0.433. The number of aryl methyl sites for hydroxylation is 2. The summed E-state index contributed by atoms with van der Waals surface area (Å²) in [6.07, 6.45) is 3.46. The monoisotopic (exact) mass is 569 g/mol. The van der Waals surface area contributed by atoms with E-state index in [1.807, 2.05) is 0 Å². The van der Waals surface area contributed by atoms with Gasteiger partial charge in [-0.25, -0.2) is 8.42 Å². The highest BCUT2D eigenvalue weighted by atomic mass is 32.2. The Hall–Kier alpha value is -3.18. The average molecular weight is 570 g/mol. The van der Waals surface area contributed by atoms with Gasteiger partial charge in [-0.3, -0.25) is 9.69 Å². The number of nitrogens with one attached hydrogen (secondary N) is 1. The molecule has 1 saturated heterocycles. The lowest BCUT2D eigenvalue weighted by molar-refractivity contribution is 0.0953. The van der Waals surface area contributed by atoms with Crippen molar-refractivity contribution in [1.82, 2.24) is 14.5 Å². The van der Waals surface area contributed by atoms with Gasteiger partial charge in [-0.1, -0.05) is 24.3 Å². The lowest BCUT2D eigenvalue weighted by Crippen LogP contribution is -2.28. The summed E-state index contributed by atoms with van der Waals surface area (Å²) in [5.74, 6) is 0.722. The van der Waals surface area contributed by atoms with E-state index in [1.54, 1.807) is 46.3 Å². The van der Waals surface area contributed by atoms with Crippen LogP contribution in [0.15, 0.2) is 58.0 Å². The van der Waals surface area contributed by atoms with E-state index in [0.717, 1.165) is 31.6 Å². The van der Waals surface area contributed by atoms with E-state index in [1.165, 1.54) is 23.2 Å². The molecule has 1 unspecified atom stereocenters. The molecule has 4 rings (SSSR count). The van der Waals surface area contributed by atoms with Crippen molar-refractivity contribution >= 4 is 15.9 Å². The van der Waals surface area contributed by atoms with Gasteiger partial charge in [0.15, 0.2) is 0 Å². The number of sulfonamides is 1. The predicted molar refractivity (Wildman–Crippen MR) is 153 cm³/mol. The summed E-state index contributed by atoms with van der Waals surface area (Å²) in [7, 11) is 1.02. The minimum absolute atomic E-state index is 0.00355. The summed E-state index contributed by atoms with van der Waals surface area (Å²) in [5.41, 5.74) is 3.96. The summed E-state index contributed by atoms with van der Waals surface area (Å²) < 4.78 is 44.0. The largest absolute Gasteiger partial charge is 0.497 e. The predicted octanol–water partition coefficient (Wildman–Crippen LogP) is 3.92. The minimum atomic E-state index is -3.78. The number of nitrogens with zero attached hydrogens (tertiary/aromatic N) is 2. The van der Waals surface area contributed by atoms with E-state index in [-0.39, 0.29) is 17.3 Å². The number of rotatable bonds is 12. The quantitative estimate of drug-likeness (QED) is 0.353. The molecule has 2 heterocycles. The zero-order valence-electron chi connectivity index (χ0n) is 23.9. The molecule has 9 nitrogen and oxygen atoms in total. The second kappa shape index (κ2) is 13.0. The maximum atomic E-state index is 13.3. The van der Waals surface area contributed by atoms with Crippen LogP contribution in [0.4, 0.5) is 0 Å². The first-order valence-corrected chi connectivity index (χ1v) is 14.8. The van der Waals surface area contributed by atoms with Gasteiger partial charge in [-0.15, -0.1) is 0 Å². The summed E-state index contributed by atoms with van der Waals surface area (Å²) in [6.45, 7) is 6.89. The van der Waals surface area contributed by atoms with E-state index in [4.69, 9.17) is 13.9 Å². The highest BCUT2D eigenvalue weighted by molar-refractivity contribution is 7.89. The molecule has 1 aliphatic heterocycles. The topological polar surface area (TPSA) is 101 Å². The zero-order chi connectivity index (χ0) is 28.9. The third-order valence-corrected chi connectivity index (χ3v) is 9.43. The van der Waals surface area contributed by atoms with Gasteiger partial charge in [-0.2, -0.15) is 4.31 Å². The molecule has 1 N–H and O–H groups in total. The van der Waals surface area contributed by atoms with Crippen molar-refractivity contribution in [3.8, 4) is 5.75 Å².